The molecule has 0 aromatic rings. The van der Waals surface area contributed by atoms with Gasteiger partial charge in [-0.05, 0) is 0 Å². The van der Waals surface area contributed by atoms with E-state index in [1.807, 2.05) is 0 Å². The van der Waals surface area contributed by atoms with Crippen LogP contribution in [0.4, 0.5) is 0 Å². The second-order valence-corrected chi connectivity index (χ2v) is 6.15. The van der Waals surface area contributed by atoms with Gasteiger partial charge < -0.3 is 56.8 Å². The molecular weight excluding hydrogens is 356 g/mol. The van der Waals surface area contributed by atoms with Crippen molar-refractivity contribution in [3.8, 4) is 0 Å². The first kappa shape index (κ1) is 25.5. The molecule has 0 saturated heterocycles. The molecule has 0 aromatic heterocycles. The number of aliphatic hydroxyl groups is 10. The average Bonchev–Trinajstić information content (AvgIpc) is 2.63. The third-order valence-corrected chi connectivity index (χ3v) is 3.99. The molecule has 0 heterocycles. The molecule has 26 heavy (non-hydrogen) atoms. The van der Waals surface area contributed by atoms with Crippen LogP contribution in [-0.2, 0) is 0 Å². The van der Waals surface area contributed by atoms with Gasteiger partial charge in [0.05, 0.1) is 25.4 Å². The molecule has 0 rings (SSSR count). The summed E-state index contributed by atoms with van der Waals surface area (Å²) in [6.45, 7) is -2.12. The van der Waals surface area contributed by atoms with Gasteiger partial charge in [0.1, 0.15) is 36.6 Å². The molecule has 0 aliphatic heterocycles. The van der Waals surface area contributed by atoms with Gasteiger partial charge in [0.15, 0.2) is 0 Å². The molecule has 0 radical (unpaired) electrons. The monoisotopic (exact) mass is 388 g/mol. The number of rotatable bonds is 14. The molecule has 0 aliphatic carbocycles. The van der Waals surface area contributed by atoms with Gasteiger partial charge in [0.25, 0.3) is 0 Å². The standard InChI is InChI=1S/C14H32N2O10/c15-1-2-16(3-7(19)11(23)13(25)9(21)5-17)4-8(20)12(24)14(26)10(22)6-18/h7-14,17-26H,1-6,15H2. The smallest absolute Gasteiger partial charge is 0.111 e. The summed E-state index contributed by atoms with van der Waals surface area (Å²) in [4.78, 5) is 1.32. The summed E-state index contributed by atoms with van der Waals surface area (Å²) >= 11 is 0. The first-order valence-corrected chi connectivity index (χ1v) is 8.19. The van der Waals surface area contributed by atoms with E-state index in [9.17, 15) is 40.9 Å². The fourth-order valence-electron chi connectivity index (χ4n) is 2.31. The molecule has 12 N–H and O–H groups in total. The molecule has 8 atom stereocenters. The Balaban J connectivity index is 4.81. The van der Waals surface area contributed by atoms with Gasteiger partial charge >= 0.3 is 0 Å². The zero-order chi connectivity index (χ0) is 20.4. The number of hydrogen-bond acceptors (Lipinski definition) is 12. The number of aliphatic hydroxyl groups excluding tert-OH is 10. The largest absolute Gasteiger partial charge is 0.394 e. The second-order valence-electron chi connectivity index (χ2n) is 6.15. The maximum Gasteiger partial charge on any atom is 0.111 e. The highest BCUT2D eigenvalue weighted by Crippen LogP contribution is 2.10. The van der Waals surface area contributed by atoms with E-state index in [1.165, 1.54) is 4.90 Å². The lowest BCUT2D eigenvalue weighted by molar-refractivity contribution is -0.130. The highest BCUT2D eigenvalue weighted by Gasteiger charge is 2.34. The van der Waals surface area contributed by atoms with Gasteiger partial charge in [-0.3, -0.25) is 4.90 Å². The van der Waals surface area contributed by atoms with Gasteiger partial charge in [-0.15, -0.1) is 0 Å². The van der Waals surface area contributed by atoms with Crippen molar-refractivity contribution in [2.24, 2.45) is 5.73 Å². The Labute approximate surface area is 151 Å². The van der Waals surface area contributed by atoms with Crippen LogP contribution in [0.15, 0.2) is 0 Å². The third-order valence-electron chi connectivity index (χ3n) is 3.99. The van der Waals surface area contributed by atoms with Gasteiger partial charge in [-0.2, -0.15) is 0 Å². The Kier molecular flexibility index (Phi) is 12.6. The highest BCUT2D eigenvalue weighted by molar-refractivity contribution is 4.86. The third kappa shape index (κ3) is 8.04. The highest BCUT2D eigenvalue weighted by atomic mass is 16.4. The minimum atomic E-state index is -1.81. The normalized spacial score (nSPS) is 21.7. The minimum Gasteiger partial charge on any atom is -0.394 e. The van der Waals surface area contributed by atoms with Crippen molar-refractivity contribution >= 4 is 0 Å². The van der Waals surface area contributed by atoms with E-state index in [1.54, 1.807) is 0 Å². The molecule has 158 valence electrons. The molecule has 0 saturated carbocycles. The van der Waals surface area contributed by atoms with Gasteiger partial charge in [-0.25, -0.2) is 0 Å². The van der Waals surface area contributed by atoms with Crippen LogP contribution in [0.1, 0.15) is 0 Å². The van der Waals surface area contributed by atoms with Crippen LogP contribution in [0.5, 0.6) is 0 Å². The Morgan fingerprint density at radius 1 is 0.577 bits per heavy atom. The summed E-state index contributed by atoms with van der Waals surface area (Å²) < 4.78 is 0. The van der Waals surface area contributed by atoms with Crippen LogP contribution in [0.2, 0.25) is 0 Å². The Hall–Kier alpha value is -0.480. The Bertz CT molecular complexity index is 337. The molecular formula is C14H32N2O10. The summed E-state index contributed by atoms with van der Waals surface area (Å²) in [6, 6.07) is 0. The summed E-state index contributed by atoms with van der Waals surface area (Å²) in [5.41, 5.74) is 5.42. The summed E-state index contributed by atoms with van der Waals surface area (Å²) in [7, 11) is 0. The van der Waals surface area contributed by atoms with Gasteiger partial charge in [0.2, 0.25) is 0 Å². The topological polar surface area (TPSA) is 232 Å². The van der Waals surface area contributed by atoms with Crippen molar-refractivity contribution in [2.75, 3.05) is 39.4 Å². The van der Waals surface area contributed by atoms with E-state index in [2.05, 4.69) is 0 Å². The lowest BCUT2D eigenvalue weighted by Crippen LogP contribution is -2.53. The van der Waals surface area contributed by atoms with E-state index < -0.39 is 62.0 Å². The van der Waals surface area contributed by atoms with E-state index in [0.29, 0.717) is 0 Å². The number of nitrogens with zero attached hydrogens (tertiary/aromatic N) is 1. The van der Waals surface area contributed by atoms with Crippen molar-refractivity contribution in [3.05, 3.63) is 0 Å². The van der Waals surface area contributed by atoms with E-state index in [-0.39, 0.29) is 26.2 Å². The molecule has 0 aliphatic rings. The van der Waals surface area contributed by atoms with Crippen LogP contribution in [-0.4, -0.2) is 144 Å². The predicted molar refractivity (Wildman–Crippen MR) is 87.7 cm³/mol. The van der Waals surface area contributed by atoms with Crippen molar-refractivity contribution in [1.29, 1.82) is 0 Å². The average molecular weight is 388 g/mol. The van der Waals surface area contributed by atoms with Gasteiger partial charge in [0, 0.05) is 26.2 Å². The maximum absolute atomic E-state index is 9.96. The van der Waals surface area contributed by atoms with E-state index in [4.69, 9.17) is 15.9 Å². The van der Waals surface area contributed by atoms with Crippen molar-refractivity contribution < 1.29 is 51.1 Å². The SMILES string of the molecule is NCCN(CC(O)C(O)C(O)C(O)CO)CC(O)C(O)C(O)C(O)CO. The van der Waals surface area contributed by atoms with Gasteiger partial charge in [-0.1, -0.05) is 0 Å². The summed E-state index contributed by atoms with van der Waals surface area (Å²) in [5.74, 6) is 0. The molecule has 0 amide bonds. The fourth-order valence-corrected chi connectivity index (χ4v) is 2.31. The van der Waals surface area contributed by atoms with Crippen LogP contribution in [0.25, 0.3) is 0 Å². The molecule has 8 unspecified atom stereocenters. The van der Waals surface area contributed by atoms with E-state index in [0.717, 1.165) is 0 Å². The lowest BCUT2D eigenvalue weighted by Gasteiger charge is -2.33. The number of hydrogen-bond donors (Lipinski definition) is 11. The fraction of sp³-hybridized carbons (Fsp3) is 1.00. The minimum absolute atomic E-state index is 0.0786. The zero-order valence-electron chi connectivity index (χ0n) is 14.4. The molecule has 0 spiro atoms. The van der Waals surface area contributed by atoms with Crippen LogP contribution in [0, 0.1) is 0 Å². The van der Waals surface area contributed by atoms with Crippen LogP contribution in [0.3, 0.4) is 0 Å². The molecule has 12 nitrogen and oxygen atoms in total. The number of nitrogens with two attached hydrogens (primary N) is 1. The van der Waals surface area contributed by atoms with Crippen molar-refractivity contribution in [2.45, 2.75) is 48.8 Å². The lowest BCUT2D eigenvalue weighted by atomic mass is 10.0. The molecule has 0 aromatic carbocycles. The van der Waals surface area contributed by atoms with E-state index >= 15 is 0 Å². The Morgan fingerprint density at radius 3 is 1.15 bits per heavy atom. The van der Waals surface area contributed by atoms with Crippen LogP contribution >= 0.6 is 0 Å². The first-order valence-electron chi connectivity index (χ1n) is 8.19. The van der Waals surface area contributed by atoms with Crippen molar-refractivity contribution in [1.82, 2.24) is 4.90 Å². The quantitative estimate of drug-likeness (QED) is 0.133. The molecule has 0 fully saturated rings. The van der Waals surface area contributed by atoms with Crippen LogP contribution < -0.4 is 5.73 Å². The first-order chi connectivity index (χ1) is 12.1. The zero-order valence-corrected chi connectivity index (χ0v) is 14.4. The maximum atomic E-state index is 9.96. The molecule has 12 heteroatoms. The summed E-state index contributed by atoms with van der Waals surface area (Å²) in [6.07, 6.45) is -13.7. The van der Waals surface area contributed by atoms with Crippen molar-refractivity contribution in [3.63, 3.8) is 0 Å². The second kappa shape index (κ2) is 12.8. The predicted octanol–water partition coefficient (Wildman–Crippen LogP) is -6.88. The summed E-state index contributed by atoms with van der Waals surface area (Å²) in [5, 5.41) is 94.8. The molecule has 0 bridgehead atoms. The Morgan fingerprint density at radius 2 is 0.885 bits per heavy atom.